The molecule has 1 amide bonds. The summed E-state index contributed by atoms with van der Waals surface area (Å²) in [5.41, 5.74) is 2.59. The summed E-state index contributed by atoms with van der Waals surface area (Å²) in [7, 11) is 0. The number of benzene rings is 2. The number of nitrogens with zero attached hydrogens (tertiary/aromatic N) is 3. The minimum Gasteiger partial charge on any atom is -0.328 e. The Balaban J connectivity index is 1.76. The van der Waals surface area contributed by atoms with Crippen LogP contribution < -0.4 is 10.6 Å². The third kappa shape index (κ3) is 3.35. The molecule has 1 unspecified atom stereocenters. The van der Waals surface area contributed by atoms with E-state index in [9.17, 15) is 9.18 Å². The van der Waals surface area contributed by atoms with Gasteiger partial charge in [0.2, 0.25) is 5.95 Å². The fraction of sp³-hybridized carbons (Fsp3) is 0.105. The molecule has 3 aromatic rings. The maximum atomic E-state index is 13.1. The minimum absolute atomic E-state index is 0.294. The molecule has 1 aliphatic heterocycles. The van der Waals surface area contributed by atoms with Crippen molar-refractivity contribution in [2.45, 2.75) is 13.0 Å². The zero-order valence-corrected chi connectivity index (χ0v) is 15.9. The Morgan fingerprint density at radius 3 is 2.78 bits per heavy atom. The second-order valence-corrected chi connectivity index (χ2v) is 7.03. The molecular formula is C19H15BrFN5O. The van der Waals surface area contributed by atoms with Crippen LogP contribution in [0.4, 0.5) is 16.0 Å². The average molecular weight is 428 g/mol. The van der Waals surface area contributed by atoms with Gasteiger partial charge in [0.15, 0.2) is 0 Å². The third-order valence-electron chi connectivity index (χ3n) is 4.31. The monoisotopic (exact) mass is 427 g/mol. The second-order valence-electron chi connectivity index (χ2n) is 6.11. The Kier molecular flexibility index (Phi) is 4.49. The molecule has 2 N–H and O–H groups in total. The summed E-state index contributed by atoms with van der Waals surface area (Å²) in [6, 6.07) is 12.9. The fourth-order valence-electron chi connectivity index (χ4n) is 3.10. The Morgan fingerprint density at radius 1 is 1.26 bits per heavy atom. The largest absolute Gasteiger partial charge is 0.328 e. The first-order valence-corrected chi connectivity index (χ1v) is 9.02. The fourth-order valence-corrected chi connectivity index (χ4v) is 3.52. The van der Waals surface area contributed by atoms with Crippen LogP contribution in [-0.2, 0) is 4.79 Å². The van der Waals surface area contributed by atoms with E-state index in [1.54, 1.807) is 4.68 Å². The highest BCUT2D eigenvalue weighted by Gasteiger charge is 2.33. The van der Waals surface area contributed by atoms with E-state index in [2.05, 4.69) is 36.6 Å². The normalized spacial score (nSPS) is 15.9. The van der Waals surface area contributed by atoms with E-state index < -0.39 is 6.04 Å². The number of nitrogens with one attached hydrogen (secondary N) is 2. The lowest BCUT2D eigenvalue weighted by molar-refractivity contribution is -0.113. The highest BCUT2D eigenvalue weighted by Crippen LogP contribution is 2.35. The smallest absolute Gasteiger partial charge is 0.255 e. The van der Waals surface area contributed by atoms with Crippen molar-refractivity contribution in [1.82, 2.24) is 14.8 Å². The molecule has 1 aromatic heterocycles. The van der Waals surface area contributed by atoms with Crippen molar-refractivity contribution in [2.24, 2.45) is 0 Å². The summed E-state index contributed by atoms with van der Waals surface area (Å²) in [5.74, 6) is -0.0875. The summed E-state index contributed by atoms with van der Waals surface area (Å²) >= 11 is 3.48. The zero-order valence-electron chi connectivity index (χ0n) is 14.3. The van der Waals surface area contributed by atoms with Gasteiger partial charge in [-0.3, -0.25) is 4.79 Å². The quantitative estimate of drug-likeness (QED) is 0.659. The summed E-state index contributed by atoms with van der Waals surface area (Å²) in [6.07, 6.45) is 1.45. The lowest BCUT2D eigenvalue weighted by atomic mass is 9.95. The number of allylic oxidation sites excluding steroid dienone is 1. The van der Waals surface area contributed by atoms with Crippen molar-refractivity contribution < 1.29 is 9.18 Å². The van der Waals surface area contributed by atoms with Gasteiger partial charge in [-0.25, -0.2) is 9.07 Å². The molecule has 0 aliphatic carbocycles. The predicted molar refractivity (Wildman–Crippen MR) is 104 cm³/mol. The summed E-state index contributed by atoms with van der Waals surface area (Å²) in [5, 5.41) is 10.2. The molecule has 0 fully saturated rings. The second kappa shape index (κ2) is 6.96. The number of anilines is 2. The number of hydrogen-bond acceptors (Lipinski definition) is 4. The minimum atomic E-state index is -0.443. The Bertz CT molecular complexity index is 1040. The van der Waals surface area contributed by atoms with Crippen LogP contribution in [0.3, 0.4) is 0 Å². The van der Waals surface area contributed by atoms with E-state index in [1.165, 1.54) is 30.6 Å². The average Bonchev–Trinajstić information content (AvgIpc) is 3.10. The standard InChI is InChI=1S/C19H15BrFN5O/c1-11-16(18(27)25-15-7-5-14(21)6-8-15)17(12-3-2-4-13(20)9-12)26-19(24-11)22-10-23-26/h2-10,17H,1H3,(H,25,27)(H,22,23,24). The van der Waals surface area contributed by atoms with Gasteiger partial charge in [-0.1, -0.05) is 28.1 Å². The molecule has 27 heavy (non-hydrogen) atoms. The summed E-state index contributed by atoms with van der Waals surface area (Å²) < 4.78 is 15.7. The van der Waals surface area contributed by atoms with Crippen LogP contribution >= 0.6 is 15.9 Å². The number of amides is 1. The molecule has 0 bridgehead atoms. The molecule has 2 aromatic carbocycles. The van der Waals surface area contributed by atoms with Crippen molar-refractivity contribution in [1.29, 1.82) is 0 Å². The molecule has 2 heterocycles. The van der Waals surface area contributed by atoms with Crippen LogP contribution in [0.15, 0.2) is 70.6 Å². The van der Waals surface area contributed by atoms with Gasteiger partial charge >= 0.3 is 0 Å². The number of carbonyl (C=O) groups is 1. The van der Waals surface area contributed by atoms with E-state index in [0.717, 1.165) is 10.0 Å². The maximum absolute atomic E-state index is 13.1. The van der Waals surface area contributed by atoms with Crippen LogP contribution in [0.2, 0.25) is 0 Å². The lowest BCUT2D eigenvalue weighted by Gasteiger charge is -2.28. The first-order chi connectivity index (χ1) is 13.0. The number of carbonyl (C=O) groups excluding carboxylic acids is 1. The van der Waals surface area contributed by atoms with Crippen LogP contribution in [0.5, 0.6) is 0 Å². The molecule has 1 aliphatic rings. The van der Waals surface area contributed by atoms with E-state index in [4.69, 9.17) is 0 Å². The van der Waals surface area contributed by atoms with E-state index >= 15 is 0 Å². The number of fused-ring (bicyclic) bond motifs is 1. The molecule has 136 valence electrons. The Morgan fingerprint density at radius 2 is 2.04 bits per heavy atom. The van der Waals surface area contributed by atoms with Crippen molar-refractivity contribution in [2.75, 3.05) is 10.6 Å². The lowest BCUT2D eigenvalue weighted by Crippen LogP contribution is -2.31. The SMILES string of the molecule is CC1=C(C(=O)Nc2ccc(F)cc2)C(c2cccc(Br)c2)n2ncnc2N1. The zero-order chi connectivity index (χ0) is 19.0. The van der Waals surface area contributed by atoms with Crippen LogP contribution in [0, 0.1) is 5.82 Å². The highest BCUT2D eigenvalue weighted by molar-refractivity contribution is 9.10. The van der Waals surface area contributed by atoms with Gasteiger partial charge in [0.05, 0.1) is 5.57 Å². The van der Waals surface area contributed by atoms with E-state index in [0.29, 0.717) is 22.9 Å². The van der Waals surface area contributed by atoms with Gasteiger partial charge in [0, 0.05) is 15.9 Å². The summed E-state index contributed by atoms with van der Waals surface area (Å²) in [4.78, 5) is 17.3. The van der Waals surface area contributed by atoms with E-state index in [1.807, 2.05) is 31.2 Å². The number of aromatic nitrogens is 3. The van der Waals surface area contributed by atoms with Crippen LogP contribution in [0.25, 0.3) is 0 Å². The van der Waals surface area contributed by atoms with Gasteiger partial charge in [0.1, 0.15) is 18.2 Å². The maximum Gasteiger partial charge on any atom is 0.255 e. The van der Waals surface area contributed by atoms with Gasteiger partial charge < -0.3 is 10.6 Å². The van der Waals surface area contributed by atoms with Crippen molar-refractivity contribution in [3.05, 3.63) is 82.0 Å². The first kappa shape index (κ1) is 17.4. The summed E-state index contributed by atoms with van der Waals surface area (Å²) in [6.45, 7) is 1.82. The Hall–Kier alpha value is -3.00. The number of rotatable bonds is 3. The molecule has 4 rings (SSSR count). The van der Waals surface area contributed by atoms with Gasteiger partial charge in [-0.15, -0.1) is 0 Å². The molecule has 0 saturated carbocycles. The topological polar surface area (TPSA) is 71.8 Å². The van der Waals surface area contributed by atoms with Crippen LogP contribution in [0.1, 0.15) is 18.5 Å². The molecule has 0 saturated heterocycles. The third-order valence-corrected chi connectivity index (χ3v) is 4.80. The first-order valence-electron chi connectivity index (χ1n) is 8.22. The van der Waals surface area contributed by atoms with Gasteiger partial charge in [-0.2, -0.15) is 10.1 Å². The molecule has 0 spiro atoms. The highest BCUT2D eigenvalue weighted by atomic mass is 79.9. The molecule has 6 nitrogen and oxygen atoms in total. The number of hydrogen-bond donors (Lipinski definition) is 2. The molecule has 1 atom stereocenters. The van der Waals surface area contributed by atoms with Gasteiger partial charge in [0.25, 0.3) is 5.91 Å². The molecular weight excluding hydrogens is 413 g/mol. The van der Waals surface area contributed by atoms with Crippen LogP contribution in [-0.4, -0.2) is 20.7 Å². The molecule has 0 radical (unpaired) electrons. The number of halogens is 2. The van der Waals surface area contributed by atoms with Crippen molar-refractivity contribution >= 4 is 33.5 Å². The van der Waals surface area contributed by atoms with E-state index in [-0.39, 0.29) is 11.7 Å². The van der Waals surface area contributed by atoms with Gasteiger partial charge in [-0.05, 0) is 48.9 Å². The predicted octanol–water partition coefficient (Wildman–Crippen LogP) is 4.11. The van der Waals surface area contributed by atoms with Crippen molar-refractivity contribution in [3.63, 3.8) is 0 Å². The molecule has 8 heteroatoms. The Labute approximate surface area is 163 Å². The van der Waals surface area contributed by atoms with Crippen molar-refractivity contribution in [3.8, 4) is 0 Å².